The Kier molecular flexibility index (Phi) is 2.55. The average Bonchev–Trinajstić information content (AvgIpc) is 2.25. The van der Waals surface area contributed by atoms with Gasteiger partial charge in [-0.05, 0) is 24.3 Å². The van der Waals surface area contributed by atoms with Gasteiger partial charge in [0.15, 0.2) is 0 Å². The van der Waals surface area contributed by atoms with Gasteiger partial charge in [0, 0.05) is 30.9 Å². The molecule has 0 N–H and O–H groups in total. The second-order valence-corrected chi connectivity index (χ2v) is 5.45. The van der Waals surface area contributed by atoms with E-state index in [9.17, 15) is 18.0 Å². The maximum Gasteiger partial charge on any atom is 0.451 e. The topological polar surface area (TPSA) is 46.1 Å². The Morgan fingerprint density at radius 2 is 1.84 bits per heavy atom. The highest BCUT2D eigenvalue weighted by molar-refractivity contribution is 5.50. The molecule has 1 aliphatic heterocycles. The van der Waals surface area contributed by atoms with Gasteiger partial charge in [-0.15, -0.1) is 0 Å². The summed E-state index contributed by atoms with van der Waals surface area (Å²) >= 11 is 0. The molecule has 1 aromatic heterocycles. The SMILES string of the molecule is O=CN1CC2(CC(c3cnc(C(F)(F)F)nc3)C2)C1. The van der Waals surface area contributed by atoms with E-state index in [1.807, 2.05) is 0 Å². The van der Waals surface area contributed by atoms with Crippen molar-refractivity contribution >= 4 is 6.41 Å². The number of alkyl halides is 3. The van der Waals surface area contributed by atoms with Crippen LogP contribution in [0.4, 0.5) is 13.2 Å². The Labute approximate surface area is 107 Å². The van der Waals surface area contributed by atoms with Crippen molar-refractivity contribution < 1.29 is 18.0 Å². The highest BCUT2D eigenvalue weighted by Gasteiger charge is 2.52. The summed E-state index contributed by atoms with van der Waals surface area (Å²) in [5.74, 6) is -0.878. The third kappa shape index (κ3) is 2.06. The summed E-state index contributed by atoms with van der Waals surface area (Å²) in [5, 5.41) is 0. The first-order chi connectivity index (χ1) is 8.92. The Morgan fingerprint density at radius 3 is 2.32 bits per heavy atom. The van der Waals surface area contributed by atoms with E-state index in [1.54, 1.807) is 4.90 Å². The maximum absolute atomic E-state index is 12.3. The fourth-order valence-corrected chi connectivity index (χ4v) is 3.06. The number of carbonyl (C=O) groups excluding carboxylic acids is 1. The summed E-state index contributed by atoms with van der Waals surface area (Å²) in [5.41, 5.74) is 0.942. The van der Waals surface area contributed by atoms with Crippen molar-refractivity contribution in [1.82, 2.24) is 14.9 Å². The van der Waals surface area contributed by atoms with E-state index in [0.717, 1.165) is 37.9 Å². The standard InChI is InChI=1S/C12H12F3N3O/c13-12(14,15)10-16-3-9(4-17-10)8-1-11(2-8)5-18(6-11)7-19/h3-4,7-8H,1-2,5-6H2. The van der Waals surface area contributed by atoms with Gasteiger partial charge < -0.3 is 4.90 Å². The molecule has 0 bridgehead atoms. The van der Waals surface area contributed by atoms with Gasteiger partial charge in [0.05, 0.1) is 0 Å². The summed E-state index contributed by atoms with van der Waals surface area (Å²) in [6.07, 6.45) is 0.669. The van der Waals surface area contributed by atoms with Crippen LogP contribution < -0.4 is 0 Å². The Morgan fingerprint density at radius 1 is 1.26 bits per heavy atom. The minimum Gasteiger partial charge on any atom is -0.344 e. The van der Waals surface area contributed by atoms with Gasteiger partial charge in [-0.3, -0.25) is 4.79 Å². The number of nitrogens with zero attached hydrogens (tertiary/aromatic N) is 3. The van der Waals surface area contributed by atoms with Crippen molar-refractivity contribution in [2.75, 3.05) is 13.1 Å². The normalized spacial score (nSPS) is 21.9. The Bertz CT molecular complexity index is 486. The monoisotopic (exact) mass is 271 g/mol. The van der Waals surface area contributed by atoms with Crippen LogP contribution in [0.3, 0.4) is 0 Å². The fraction of sp³-hybridized carbons (Fsp3) is 0.583. The lowest BCUT2D eigenvalue weighted by Crippen LogP contribution is -2.60. The number of rotatable bonds is 2. The van der Waals surface area contributed by atoms with E-state index >= 15 is 0 Å². The predicted octanol–water partition coefficient (Wildman–Crippen LogP) is 1.83. The molecular weight excluding hydrogens is 259 g/mol. The lowest BCUT2D eigenvalue weighted by molar-refractivity contribution is -0.145. The molecule has 0 unspecified atom stereocenters. The number of hydrogen-bond acceptors (Lipinski definition) is 3. The second-order valence-electron chi connectivity index (χ2n) is 5.45. The smallest absolute Gasteiger partial charge is 0.344 e. The van der Waals surface area contributed by atoms with Gasteiger partial charge in [-0.2, -0.15) is 13.2 Å². The quantitative estimate of drug-likeness (QED) is 0.771. The van der Waals surface area contributed by atoms with Crippen LogP contribution in [-0.2, 0) is 11.0 Å². The number of likely N-dealkylation sites (tertiary alicyclic amines) is 1. The van der Waals surface area contributed by atoms with Crippen LogP contribution in [0.1, 0.15) is 30.1 Å². The van der Waals surface area contributed by atoms with Gasteiger partial charge in [0.2, 0.25) is 12.2 Å². The van der Waals surface area contributed by atoms with Crippen LogP contribution in [0.2, 0.25) is 0 Å². The zero-order chi connectivity index (χ0) is 13.7. The second kappa shape index (κ2) is 3.91. The molecule has 0 radical (unpaired) electrons. The third-order valence-corrected chi connectivity index (χ3v) is 3.98. The van der Waals surface area contributed by atoms with Crippen molar-refractivity contribution in [2.45, 2.75) is 24.9 Å². The minimum atomic E-state index is -4.49. The van der Waals surface area contributed by atoms with E-state index in [4.69, 9.17) is 0 Å². The molecule has 1 spiro atoms. The van der Waals surface area contributed by atoms with Crippen LogP contribution in [0.25, 0.3) is 0 Å². The number of halogens is 3. The molecule has 2 aliphatic rings. The average molecular weight is 271 g/mol. The van der Waals surface area contributed by atoms with Crippen molar-refractivity contribution in [2.24, 2.45) is 5.41 Å². The van der Waals surface area contributed by atoms with Gasteiger partial charge >= 0.3 is 6.18 Å². The van der Waals surface area contributed by atoms with Crippen LogP contribution in [-0.4, -0.2) is 34.4 Å². The highest BCUT2D eigenvalue weighted by Crippen LogP contribution is 2.55. The van der Waals surface area contributed by atoms with E-state index in [0.29, 0.717) is 0 Å². The molecule has 2 heterocycles. The van der Waals surface area contributed by atoms with E-state index < -0.39 is 12.0 Å². The molecule has 2 fully saturated rings. The van der Waals surface area contributed by atoms with Crippen molar-refractivity contribution in [3.05, 3.63) is 23.8 Å². The lowest BCUT2D eigenvalue weighted by Gasteiger charge is -2.58. The predicted molar refractivity (Wildman–Crippen MR) is 59.1 cm³/mol. The number of aromatic nitrogens is 2. The molecular formula is C12H12F3N3O. The molecule has 0 atom stereocenters. The summed E-state index contributed by atoms with van der Waals surface area (Å²) in [6, 6.07) is 0. The summed E-state index contributed by atoms with van der Waals surface area (Å²) < 4.78 is 37.0. The summed E-state index contributed by atoms with van der Waals surface area (Å²) in [7, 11) is 0. The Balaban J connectivity index is 1.62. The third-order valence-electron chi connectivity index (χ3n) is 3.98. The number of amides is 1. The van der Waals surface area contributed by atoms with Crippen LogP contribution >= 0.6 is 0 Å². The van der Waals surface area contributed by atoms with Crippen molar-refractivity contribution in [1.29, 1.82) is 0 Å². The van der Waals surface area contributed by atoms with Gasteiger partial charge in [0.25, 0.3) is 0 Å². The van der Waals surface area contributed by atoms with Gasteiger partial charge in [0.1, 0.15) is 0 Å². The van der Waals surface area contributed by atoms with Crippen molar-refractivity contribution in [3.8, 4) is 0 Å². The Hall–Kier alpha value is -1.66. The molecule has 19 heavy (non-hydrogen) atoms. The summed E-state index contributed by atoms with van der Waals surface area (Å²) in [4.78, 5) is 19.0. The number of hydrogen-bond donors (Lipinski definition) is 0. The molecule has 0 aromatic carbocycles. The first-order valence-corrected chi connectivity index (χ1v) is 6.00. The fourth-order valence-electron chi connectivity index (χ4n) is 3.06. The molecule has 1 saturated heterocycles. The zero-order valence-electron chi connectivity index (χ0n) is 10.0. The van der Waals surface area contributed by atoms with Gasteiger partial charge in [-0.1, -0.05) is 0 Å². The highest BCUT2D eigenvalue weighted by atomic mass is 19.4. The molecule has 1 amide bonds. The van der Waals surface area contributed by atoms with Crippen LogP contribution in [0.15, 0.2) is 12.4 Å². The molecule has 1 aromatic rings. The van der Waals surface area contributed by atoms with E-state index in [-0.39, 0.29) is 11.3 Å². The first-order valence-electron chi connectivity index (χ1n) is 6.00. The first kappa shape index (κ1) is 12.4. The lowest BCUT2D eigenvalue weighted by atomic mass is 9.56. The maximum atomic E-state index is 12.3. The number of carbonyl (C=O) groups is 1. The zero-order valence-corrected chi connectivity index (χ0v) is 10.0. The van der Waals surface area contributed by atoms with E-state index in [2.05, 4.69) is 9.97 Å². The molecule has 7 heteroatoms. The molecule has 4 nitrogen and oxygen atoms in total. The van der Waals surface area contributed by atoms with Crippen LogP contribution in [0, 0.1) is 5.41 Å². The summed E-state index contributed by atoms with van der Waals surface area (Å²) in [6.45, 7) is 1.52. The van der Waals surface area contributed by atoms with Crippen LogP contribution in [0.5, 0.6) is 0 Å². The largest absolute Gasteiger partial charge is 0.451 e. The molecule has 1 saturated carbocycles. The molecule has 1 aliphatic carbocycles. The molecule has 102 valence electrons. The van der Waals surface area contributed by atoms with Gasteiger partial charge in [-0.25, -0.2) is 9.97 Å². The van der Waals surface area contributed by atoms with Crippen molar-refractivity contribution in [3.63, 3.8) is 0 Å². The minimum absolute atomic E-state index is 0.189. The van der Waals surface area contributed by atoms with E-state index in [1.165, 1.54) is 12.4 Å². The molecule has 3 rings (SSSR count).